The zero-order valence-corrected chi connectivity index (χ0v) is 11.0. The van der Waals surface area contributed by atoms with E-state index in [2.05, 4.69) is 5.32 Å². The van der Waals surface area contributed by atoms with Gasteiger partial charge in [0, 0.05) is 24.8 Å². The highest BCUT2D eigenvalue weighted by Crippen LogP contribution is 2.13. The van der Waals surface area contributed by atoms with Crippen molar-refractivity contribution in [3.05, 3.63) is 29.8 Å². The molecule has 0 bridgehead atoms. The van der Waals surface area contributed by atoms with Gasteiger partial charge in [0.2, 0.25) is 5.91 Å². The summed E-state index contributed by atoms with van der Waals surface area (Å²) >= 11 is 0. The summed E-state index contributed by atoms with van der Waals surface area (Å²) in [5, 5.41) is 11.2. The van der Waals surface area contributed by atoms with Crippen LogP contribution in [-0.4, -0.2) is 54.2 Å². The smallest absolute Gasteiger partial charge is 0.334 e. The van der Waals surface area contributed by atoms with Gasteiger partial charge >= 0.3 is 5.97 Å². The van der Waals surface area contributed by atoms with Gasteiger partial charge in [0.1, 0.15) is 11.6 Å². The molecule has 1 unspecified atom stereocenters. The molecule has 1 atom stereocenters. The molecule has 0 radical (unpaired) electrons. The fourth-order valence-electron chi connectivity index (χ4n) is 2.03. The highest BCUT2D eigenvalue weighted by molar-refractivity contribution is 5.92. The lowest BCUT2D eigenvalue weighted by Crippen LogP contribution is -2.48. The topological polar surface area (TPSA) is 78.9 Å². The van der Waals surface area contributed by atoms with Crippen LogP contribution in [0.25, 0.3) is 0 Å². The molecule has 0 saturated carbocycles. The van der Waals surface area contributed by atoms with Crippen molar-refractivity contribution in [1.82, 2.24) is 4.90 Å². The molecule has 1 fully saturated rings. The van der Waals surface area contributed by atoms with Crippen LogP contribution in [0, 0.1) is 11.6 Å². The van der Waals surface area contributed by atoms with Crippen LogP contribution in [0.1, 0.15) is 0 Å². The molecule has 8 heteroatoms. The van der Waals surface area contributed by atoms with Gasteiger partial charge in [0.05, 0.1) is 13.2 Å². The molecule has 1 aliphatic heterocycles. The van der Waals surface area contributed by atoms with Crippen LogP contribution >= 0.6 is 0 Å². The van der Waals surface area contributed by atoms with Gasteiger partial charge in [0.15, 0.2) is 6.10 Å². The minimum absolute atomic E-state index is 0.0144. The minimum Gasteiger partial charge on any atom is -0.479 e. The molecule has 1 amide bonds. The number of morpholine rings is 1. The van der Waals surface area contributed by atoms with E-state index in [0.29, 0.717) is 12.6 Å². The molecule has 2 rings (SSSR count). The molecule has 21 heavy (non-hydrogen) atoms. The third-order valence-electron chi connectivity index (χ3n) is 2.94. The summed E-state index contributed by atoms with van der Waals surface area (Å²) < 4.78 is 31.0. The molecule has 1 aromatic rings. The van der Waals surface area contributed by atoms with Crippen LogP contribution < -0.4 is 5.32 Å². The number of hydrogen-bond acceptors (Lipinski definition) is 4. The van der Waals surface area contributed by atoms with Crippen LogP contribution in [0.3, 0.4) is 0 Å². The van der Waals surface area contributed by atoms with Crippen molar-refractivity contribution < 1.29 is 28.2 Å². The lowest BCUT2D eigenvalue weighted by Gasteiger charge is -2.30. The molecular formula is C13H14F2N2O4. The largest absolute Gasteiger partial charge is 0.479 e. The summed E-state index contributed by atoms with van der Waals surface area (Å²) in [6, 6.07) is 2.70. The Morgan fingerprint density at radius 3 is 2.62 bits per heavy atom. The summed E-state index contributed by atoms with van der Waals surface area (Å²) in [5.41, 5.74) is 0.0144. The number of carbonyl (C=O) groups excluding carboxylic acids is 1. The zero-order valence-electron chi connectivity index (χ0n) is 11.0. The number of nitrogens with zero attached hydrogens (tertiary/aromatic N) is 1. The van der Waals surface area contributed by atoms with Gasteiger partial charge in [-0.2, -0.15) is 0 Å². The van der Waals surface area contributed by atoms with Gasteiger partial charge in [-0.05, 0) is 12.1 Å². The lowest BCUT2D eigenvalue weighted by atomic mass is 10.2. The van der Waals surface area contributed by atoms with Gasteiger partial charge in [-0.15, -0.1) is 0 Å². The van der Waals surface area contributed by atoms with E-state index < -0.39 is 29.6 Å². The Morgan fingerprint density at radius 2 is 2.00 bits per heavy atom. The standard InChI is InChI=1S/C13H14F2N2O4/c14-8-3-9(15)5-10(4-8)16-12(18)7-17-1-2-21-11(6-17)13(19)20/h3-5,11H,1-2,6-7H2,(H,16,18)(H,19,20). The molecule has 0 aromatic heterocycles. The van der Waals surface area contributed by atoms with Gasteiger partial charge in [-0.25, -0.2) is 13.6 Å². The number of anilines is 1. The van der Waals surface area contributed by atoms with E-state index in [1.807, 2.05) is 0 Å². The molecule has 114 valence electrons. The predicted octanol–water partition coefficient (Wildman–Crippen LogP) is 0.689. The SMILES string of the molecule is O=C(CN1CCOC(C(=O)O)C1)Nc1cc(F)cc(F)c1. The van der Waals surface area contributed by atoms with Crippen molar-refractivity contribution in [3.8, 4) is 0 Å². The Bertz CT molecular complexity index is 533. The number of halogens is 2. The fourth-order valence-corrected chi connectivity index (χ4v) is 2.03. The molecule has 0 aliphatic carbocycles. The minimum atomic E-state index is -1.09. The number of carboxylic acids is 1. The van der Waals surface area contributed by atoms with Crippen molar-refractivity contribution in [3.63, 3.8) is 0 Å². The van der Waals surface area contributed by atoms with E-state index in [0.717, 1.165) is 12.1 Å². The highest BCUT2D eigenvalue weighted by Gasteiger charge is 2.27. The Hall–Kier alpha value is -2.06. The third kappa shape index (κ3) is 4.47. The maximum atomic E-state index is 13.0. The number of amides is 1. The second-order valence-corrected chi connectivity index (χ2v) is 4.64. The van der Waals surface area contributed by atoms with Crippen LogP contribution in [-0.2, 0) is 14.3 Å². The van der Waals surface area contributed by atoms with Gasteiger partial charge in [-0.1, -0.05) is 0 Å². The molecule has 6 nitrogen and oxygen atoms in total. The summed E-state index contributed by atoms with van der Waals surface area (Å²) in [6.45, 7) is 0.624. The first-order valence-corrected chi connectivity index (χ1v) is 6.27. The second kappa shape index (κ2) is 6.59. The van der Waals surface area contributed by atoms with Gasteiger partial charge in [0.25, 0.3) is 0 Å². The van der Waals surface area contributed by atoms with Crippen molar-refractivity contribution in [1.29, 1.82) is 0 Å². The molecule has 1 aliphatic rings. The first-order valence-electron chi connectivity index (χ1n) is 6.27. The number of ether oxygens (including phenoxy) is 1. The predicted molar refractivity (Wildman–Crippen MR) is 68.8 cm³/mol. The molecule has 1 heterocycles. The van der Waals surface area contributed by atoms with E-state index in [1.54, 1.807) is 4.90 Å². The first kappa shape index (κ1) is 15.3. The summed E-state index contributed by atoms with van der Waals surface area (Å²) in [4.78, 5) is 24.2. The Labute approximate surface area is 119 Å². The molecule has 0 spiro atoms. The molecule has 2 N–H and O–H groups in total. The van der Waals surface area contributed by atoms with Crippen molar-refractivity contribution >= 4 is 17.6 Å². The summed E-state index contributed by atoms with van der Waals surface area (Å²) in [7, 11) is 0. The van der Waals surface area contributed by atoms with E-state index in [9.17, 15) is 18.4 Å². The highest BCUT2D eigenvalue weighted by atomic mass is 19.1. The number of carboxylic acid groups (broad SMARTS) is 1. The Kier molecular flexibility index (Phi) is 4.81. The number of aliphatic carboxylic acids is 1. The number of nitrogens with one attached hydrogen (secondary N) is 1. The quantitative estimate of drug-likeness (QED) is 0.855. The Balaban J connectivity index is 1.90. The van der Waals surface area contributed by atoms with Crippen molar-refractivity contribution in [2.45, 2.75) is 6.10 Å². The zero-order chi connectivity index (χ0) is 15.4. The van der Waals surface area contributed by atoms with Crippen LogP contribution in [0.5, 0.6) is 0 Å². The number of carbonyl (C=O) groups is 2. The van der Waals surface area contributed by atoms with Gasteiger partial charge < -0.3 is 15.2 Å². The van der Waals surface area contributed by atoms with Crippen LogP contribution in [0.4, 0.5) is 14.5 Å². The summed E-state index contributed by atoms with van der Waals surface area (Å²) in [6.07, 6.45) is -0.974. The fraction of sp³-hybridized carbons (Fsp3) is 0.385. The lowest BCUT2D eigenvalue weighted by molar-refractivity contribution is -0.156. The average Bonchev–Trinajstić information content (AvgIpc) is 2.37. The third-order valence-corrected chi connectivity index (χ3v) is 2.94. The average molecular weight is 300 g/mol. The first-order chi connectivity index (χ1) is 9.94. The Morgan fingerprint density at radius 1 is 1.33 bits per heavy atom. The van der Waals surface area contributed by atoms with Gasteiger partial charge in [-0.3, -0.25) is 9.69 Å². The van der Waals surface area contributed by atoms with Crippen molar-refractivity contribution in [2.24, 2.45) is 0 Å². The van der Waals surface area contributed by atoms with Crippen LogP contribution in [0.15, 0.2) is 18.2 Å². The monoisotopic (exact) mass is 300 g/mol. The molecule has 1 saturated heterocycles. The van der Waals surface area contributed by atoms with Crippen LogP contribution in [0.2, 0.25) is 0 Å². The normalized spacial score (nSPS) is 19.2. The molecular weight excluding hydrogens is 286 g/mol. The molecule has 1 aromatic carbocycles. The summed E-state index contributed by atoms with van der Waals surface area (Å²) in [5.74, 6) is -3.15. The number of rotatable bonds is 4. The van der Waals surface area contributed by atoms with E-state index >= 15 is 0 Å². The number of hydrogen-bond donors (Lipinski definition) is 2. The van der Waals surface area contributed by atoms with E-state index in [-0.39, 0.29) is 25.4 Å². The number of benzene rings is 1. The van der Waals surface area contributed by atoms with E-state index in [1.165, 1.54) is 0 Å². The maximum absolute atomic E-state index is 13.0. The van der Waals surface area contributed by atoms with E-state index in [4.69, 9.17) is 9.84 Å². The maximum Gasteiger partial charge on any atom is 0.334 e. The van der Waals surface area contributed by atoms with Crippen molar-refractivity contribution in [2.75, 3.05) is 31.6 Å². The second-order valence-electron chi connectivity index (χ2n) is 4.64.